The number of piperazine rings is 1. The summed E-state index contributed by atoms with van der Waals surface area (Å²) < 4.78 is 13.7. The first-order valence-electron chi connectivity index (χ1n) is 8.18. The lowest BCUT2D eigenvalue weighted by atomic mass is 10.1. The van der Waals surface area contributed by atoms with Crippen molar-refractivity contribution < 1.29 is 9.18 Å². The van der Waals surface area contributed by atoms with Crippen molar-refractivity contribution in [1.29, 1.82) is 0 Å². The second-order valence-electron chi connectivity index (χ2n) is 6.23. The third-order valence-corrected chi connectivity index (χ3v) is 4.40. The van der Waals surface area contributed by atoms with Gasteiger partial charge in [-0.25, -0.2) is 9.18 Å². The number of benzene rings is 2. The summed E-state index contributed by atoms with van der Waals surface area (Å²) in [5.41, 5.74) is 2.62. The number of amides is 2. The van der Waals surface area contributed by atoms with Crippen molar-refractivity contribution in [3.05, 3.63) is 59.9 Å². The van der Waals surface area contributed by atoms with Crippen LogP contribution in [0.25, 0.3) is 0 Å². The van der Waals surface area contributed by atoms with E-state index in [4.69, 9.17) is 0 Å². The van der Waals surface area contributed by atoms with Crippen LogP contribution in [0.3, 0.4) is 0 Å². The zero-order valence-corrected chi connectivity index (χ0v) is 14.0. The molecule has 2 aromatic carbocycles. The van der Waals surface area contributed by atoms with E-state index in [1.165, 1.54) is 17.3 Å². The minimum Gasteiger partial charge on any atom is -0.365 e. The number of carbonyl (C=O) groups is 1. The van der Waals surface area contributed by atoms with Crippen LogP contribution in [-0.2, 0) is 0 Å². The highest BCUT2D eigenvalue weighted by Gasteiger charge is 2.27. The number of urea groups is 1. The Morgan fingerprint density at radius 2 is 1.83 bits per heavy atom. The summed E-state index contributed by atoms with van der Waals surface area (Å²) in [6.07, 6.45) is 0. The van der Waals surface area contributed by atoms with Gasteiger partial charge in [-0.1, -0.05) is 29.8 Å². The van der Waals surface area contributed by atoms with Gasteiger partial charge in [0.25, 0.3) is 0 Å². The van der Waals surface area contributed by atoms with E-state index in [1.807, 2.05) is 0 Å². The normalized spacial score (nSPS) is 17.7. The van der Waals surface area contributed by atoms with Crippen LogP contribution in [-0.4, -0.2) is 36.6 Å². The van der Waals surface area contributed by atoms with E-state index in [0.717, 1.165) is 6.54 Å². The lowest BCUT2D eigenvalue weighted by molar-refractivity contribution is 0.200. The van der Waals surface area contributed by atoms with Gasteiger partial charge in [-0.2, -0.15) is 0 Å². The number of anilines is 2. The molecule has 0 aliphatic carbocycles. The molecule has 1 saturated heterocycles. The molecule has 2 amide bonds. The minimum atomic E-state index is -0.419. The molecular weight excluding hydrogens is 305 g/mol. The average Bonchev–Trinajstić information content (AvgIpc) is 2.58. The van der Waals surface area contributed by atoms with E-state index in [0.29, 0.717) is 13.1 Å². The van der Waals surface area contributed by atoms with E-state index >= 15 is 0 Å². The number of hydrogen-bond acceptors (Lipinski definition) is 2. The number of hydrogen-bond donors (Lipinski definition) is 1. The lowest BCUT2D eigenvalue weighted by Gasteiger charge is -2.41. The van der Waals surface area contributed by atoms with Gasteiger partial charge in [0.15, 0.2) is 0 Å². The summed E-state index contributed by atoms with van der Waals surface area (Å²) >= 11 is 0. The molecule has 0 bridgehead atoms. The fourth-order valence-corrected chi connectivity index (χ4v) is 3.02. The van der Waals surface area contributed by atoms with Crippen LogP contribution in [0.5, 0.6) is 0 Å². The second-order valence-corrected chi connectivity index (χ2v) is 6.23. The van der Waals surface area contributed by atoms with Crippen LogP contribution >= 0.6 is 0 Å². The second kappa shape index (κ2) is 6.91. The number of para-hydroxylation sites is 1. The first-order valence-corrected chi connectivity index (χ1v) is 8.18. The molecule has 5 heteroatoms. The van der Waals surface area contributed by atoms with E-state index in [2.05, 4.69) is 48.3 Å². The Balaban J connectivity index is 1.63. The van der Waals surface area contributed by atoms with Gasteiger partial charge in [0.2, 0.25) is 0 Å². The van der Waals surface area contributed by atoms with Crippen molar-refractivity contribution in [2.75, 3.05) is 29.9 Å². The third kappa shape index (κ3) is 3.50. The number of nitrogens with one attached hydrogen (secondary N) is 1. The maximum absolute atomic E-state index is 13.7. The first kappa shape index (κ1) is 16.3. The van der Waals surface area contributed by atoms with E-state index in [9.17, 15) is 9.18 Å². The van der Waals surface area contributed by atoms with Gasteiger partial charge in [-0.15, -0.1) is 0 Å². The van der Waals surface area contributed by atoms with E-state index in [-0.39, 0.29) is 17.8 Å². The highest BCUT2D eigenvalue weighted by molar-refractivity contribution is 5.89. The SMILES string of the molecule is Cc1ccc(N2CCN(C(=O)Nc3ccccc3F)C[C@@H]2C)cc1. The fraction of sp³-hybridized carbons (Fsp3) is 0.316. The Morgan fingerprint density at radius 3 is 2.50 bits per heavy atom. The molecule has 4 nitrogen and oxygen atoms in total. The molecule has 0 saturated carbocycles. The predicted octanol–water partition coefficient (Wildman–Crippen LogP) is 3.88. The van der Waals surface area contributed by atoms with Gasteiger partial charge < -0.3 is 15.1 Å². The molecule has 0 radical (unpaired) electrons. The van der Waals surface area contributed by atoms with Gasteiger partial charge in [-0.3, -0.25) is 0 Å². The van der Waals surface area contributed by atoms with E-state index < -0.39 is 5.82 Å². The highest BCUT2D eigenvalue weighted by atomic mass is 19.1. The van der Waals surface area contributed by atoms with Crippen molar-refractivity contribution in [2.24, 2.45) is 0 Å². The Bertz CT molecular complexity index is 717. The van der Waals surface area contributed by atoms with Gasteiger partial charge in [0.1, 0.15) is 5.82 Å². The summed E-state index contributed by atoms with van der Waals surface area (Å²) in [5.74, 6) is -0.419. The van der Waals surface area contributed by atoms with E-state index in [1.54, 1.807) is 23.1 Å². The molecule has 24 heavy (non-hydrogen) atoms. The molecule has 1 aliphatic heterocycles. The average molecular weight is 327 g/mol. The maximum Gasteiger partial charge on any atom is 0.322 e. The smallest absolute Gasteiger partial charge is 0.322 e. The molecule has 0 aromatic heterocycles. The highest BCUT2D eigenvalue weighted by Crippen LogP contribution is 2.22. The van der Waals surface area contributed by atoms with Crippen molar-refractivity contribution >= 4 is 17.4 Å². The molecule has 0 unspecified atom stereocenters. The Morgan fingerprint density at radius 1 is 1.12 bits per heavy atom. The van der Waals surface area contributed by atoms with Crippen LogP contribution in [0.15, 0.2) is 48.5 Å². The molecule has 1 fully saturated rings. The molecule has 0 spiro atoms. The number of aryl methyl sites for hydroxylation is 1. The number of halogens is 1. The quantitative estimate of drug-likeness (QED) is 0.909. The van der Waals surface area contributed by atoms with Crippen LogP contribution in [0, 0.1) is 12.7 Å². The molecule has 1 heterocycles. The Labute approximate surface area is 141 Å². The van der Waals surface area contributed by atoms with Gasteiger partial charge in [-0.05, 0) is 38.1 Å². The fourth-order valence-electron chi connectivity index (χ4n) is 3.02. The molecule has 2 aromatic rings. The van der Waals surface area contributed by atoms with Crippen LogP contribution in [0.2, 0.25) is 0 Å². The minimum absolute atomic E-state index is 0.202. The standard InChI is InChI=1S/C19H22FN3O/c1-14-7-9-16(10-8-14)23-12-11-22(13-15(23)2)19(24)21-18-6-4-3-5-17(18)20/h3-10,15H,11-13H2,1-2H3,(H,21,24)/t15-/m0/s1. The molecule has 3 rings (SSSR count). The zero-order chi connectivity index (χ0) is 17.1. The van der Waals surface area contributed by atoms with Crippen LogP contribution < -0.4 is 10.2 Å². The van der Waals surface area contributed by atoms with Crippen LogP contribution in [0.1, 0.15) is 12.5 Å². The third-order valence-electron chi connectivity index (χ3n) is 4.40. The van der Waals surface area contributed by atoms with Crippen molar-refractivity contribution in [3.8, 4) is 0 Å². The molecule has 126 valence electrons. The molecular formula is C19H22FN3O. The summed E-state index contributed by atoms with van der Waals surface area (Å²) in [5, 5.41) is 2.66. The number of carbonyl (C=O) groups excluding carboxylic acids is 1. The monoisotopic (exact) mass is 327 g/mol. The molecule has 1 N–H and O–H groups in total. The predicted molar refractivity (Wildman–Crippen MR) is 95.0 cm³/mol. The van der Waals surface area contributed by atoms with Gasteiger partial charge in [0.05, 0.1) is 5.69 Å². The summed E-state index contributed by atoms with van der Waals surface area (Å²) in [7, 11) is 0. The first-order chi connectivity index (χ1) is 11.5. The van der Waals surface area contributed by atoms with Crippen molar-refractivity contribution in [3.63, 3.8) is 0 Å². The zero-order valence-electron chi connectivity index (χ0n) is 14.0. The molecule has 1 atom stereocenters. The number of rotatable bonds is 2. The largest absolute Gasteiger partial charge is 0.365 e. The van der Waals surface area contributed by atoms with Crippen molar-refractivity contribution in [1.82, 2.24) is 4.90 Å². The van der Waals surface area contributed by atoms with Gasteiger partial charge in [0, 0.05) is 31.4 Å². The lowest BCUT2D eigenvalue weighted by Crippen LogP contribution is -2.54. The summed E-state index contributed by atoms with van der Waals surface area (Å²) in [6, 6.07) is 14.6. The summed E-state index contributed by atoms with van der Waals surface area (Å²) in [6.45, 7) is 6.14. The number of nitrogens with zero attached hydrogens (tertiary/aromatic N) is 2. The Kier molecular flexibility index (Phi) is 4.69. The molecule has 1 aliphatic rings. The topological polar surface area (TPSA) is 35.6 Å². The van der Waals surface area contributed by atoms with Crippen LogP contribution in [0.4, 0.5) is 20.6 Å². The summed E-state index contributed by atoms with van der Waals surface area (Å²) in [4.78, 5) is 16.4. The van der Waals surface area contributed by atoms with Crippen molar-refractivity contribution in [2.45, 2.75) is 19.9 Å². The van der Waals surface area contributed by atoms with Gasteiger partial charge >= 0.3 is 6.03 Å². The Hall–Kier alpha value is -2.56. The maximum atomic E-state index is 13.7.